The maximum atomic E-state index is 12.9. The van der Waals surface area contributed by atoms with Crippen LogP contribution in [0.4, 0.5) is 0 Å². The molecule has 0 aliphatic carbocycles. The number of hydrogen-bond acceptors (Lipinski definition) is 4. The van der Waals surface area contributed by atoms with E-state index in [1.165, 1.54) is 11.3 Å². The number of amides is 2. The highest BCUT2D eigenvalue weighted by Crippen LogP contribution is 2.24. The minimum absolute atomic E-state index is 0.136. The summed E-state index contributed by atoms with van der Waals surface area (Å²) in [4.78, 5) is 34.4. The van der Waals surface area contributed by atoms with Gasteiger partial charge >= 0.3 is 0 Å². The molecule has 2 N–H and O–H groups in total. The van der Waals surface area contributed by atoms with Crippen LogP contribution >= 0.6 is 22.9 Å². The van der Waals surface area contributed by atoms with Gasteiger partial charge in [0.2, 0.25) is 5.91 Å². The van der Waals surface area contributed by atoms with Crippen LogP contribution in [0.15, 0.2) is 35.2 Å². The molecule has 1 aromatic carbocycles. The molecule has 1 saturated heterocycles. The second kappa shape index (κ2) is 7.09. The summed E-state index contributed by atoms with van der Waals surface area (Å²) in [6, 6.07) is 6.77. The van der Waals surface area contributed by atoms with Gasteiger partial charge in [-0.1, -0.05) is 11.6 Å². The second-order valence-corrected chi connectivity index (χ2v) is 7.42. The van der Waals surface area contributed by atoms with Gasteiger partial charge in [-0.15, -0.1) is 11.3 Å². The van der Waals surface area contributed by atoms with Crippen molar-refractivity contribution in [2.45, 2.75) is 25.4 Å². The van der Waals surface area contributed by atoms with Gasteiger partial charge in [-0.2, -0.15) is 0 Å². The fourth-order valence-electron chi connectivity index (χ4n) is 3.28. The quantitative estimate of drug-likeness (QED) is 0.720. The highest BCUT2D eigenvalue weighted by atomic mass is 35.5. The summed E-state index contributed by atoms with van der Waals surface area (Å²) >= 11 is 7.50. The minimum atomic E-state index is -0.448. The van der Waals surface area contributed by atoms with Crippen LogP contribution in [-0.2, 0) is 11.3 Å². The van der Waals surface area contributed by atoms with Crippen LogP contribution in [-0.4, -0.2) is 39.3 Å². The third-order valence-corrected chi connectivity index (χ3v) is 5.43. The van der Waals surface area contributed by atoms with E-state index < -0.39 is 6.04 Å². The summed E-state index contributed by atoms with van der Waals surface area (Å²) in [5.74, 6) is -0.299. The molecule has 3 aromatic rings. The number of rotatable bonds is 4. The van der Waals surface area contributed by atoms with E-state index in [1.54, 1.807) is 22.5 Å². The number of carbonyl (C=O) groups excluding carboxylic acids is 2. The number of aromatic nitrogens is 2. The van der Waals surface area contributed by atoms with Gasteiger partial charge in [0.1, 0.15) is 11.7 Å². The van der Waals surface area contributed by atoms with E-state index in [-0.39, 0.29) is 11.8 Å². The van der Waals surface area contributed by atoms with Crippen LogP contribution in [0.2, 0.25) is 5.02 Å². The molecular formula is C18H17ClN4O2S. The molecule has 0 radical (unpaired) electrons. The fourth-order valence-corrected chi connectivity index (χ4v) is 4.02. The predicted molar refractivity (Wildman–Crippen MR) is 101 cm³/mol. The van der Waals surface area contributed by atoms with Crippen LogP contribution < -0.4 is 5.32 Å². The Balaban J connectivity index is 1.49. The summed E-state index contributed by atoms with van der Waals surface area (Å²) in [5, 5.41) is 6.28. The highest BCUT2D eigenvalue weighted by Gasteiger charge is 2.35. The van der Waals surface area contributed by atoms with Gasteiger partial charge in [0.05, 0.1) is 17.7 Å². The molecule has 1 aliphatic heterocycles. The normalized spacial score (nSPS) is 17.0. The molecule has 1 fully saturated rings. The van der Waals surface area contributed by atoms with Gasteiger partial charge in [-0.25, -0.2) is 4.98 Å². The molecule has 1 aliphatic rings. The Kier molecular flexibility index (Phi) is 4.65. The van der Waals surface area contributed by atoms with E-state index in [0.717, 1.165) is 23.0 Å². The lowest BCUT2D eigenvalue weighted by Gasteiger charge is -2.23. The lowest BCUT2D eigenvalue weighted by molar-refractivity contribution is -0.125. The standard InChI is InChI=1S/C18H17ClN4O2S/c19-12-3-4-14-11(6-12)7-15(22-14)18(25)23-5-1-2-16(23)17(24)20-8-13-9-26-10-21-13/h3-4,6-7,9-10,16,22H,1-2,5,8H2,(H,20,24). The Morgan fingerprint density at radius 3 is 3.08 bits per heavy atom. The van der Waals surface area contributed by atoms with E-state index in [1.807, 2.05) is 17.5 Å². The number of nitrogens with zero attached hydrogens (tertiary/aromatic N) is 2. The van der Waals surface area contributed by atoms with Crippen molar-refractivity contribution in [2.24, 2.45) is 0 Å². The van der Waals surface area contributed by atoms with E-state index in [0.29, 0.717) is 30.2 Å². The average molecular weight is 389 g/mol. The first-order valence-corrected chi connectivity index (χ1v) is 9.68. The molecule has 1 unspecified atom stereocenters. The molecule has 26 heavy (non-hydrogen) atoms. The molecule has 2 aromatic heterocycles. The van der Waals surface area contributed by atoms with Crippen LogP contribution in [0, 0.1) is 0 Å². The molecule has 0 bridgehead atoms. The molecule has 4 rings (SSSR count). The Hall–Kier alpha value is -2.38. The van der Waals surface area contributed by atoms with Crippen molar-refractivity contribution >= 4 is 45.7 Å². The Morgan fingerprint density at radius 1 is 1.38 bits per heavy atom. The van der Waals surface area contributed by atoms with E-state index in [2.05, 4.69) is 15.3 Å². The number of likely N-dealkylation sites (tertiary alicyclic amines) is 1. The van der Waals surface area contributed by atoms with Crippen molar-refractivity contribution in [1.82, 2.24) is 20.2 Å². The number of thiazole rings is 1. The molecule has 0 spiro atoms. The number of carbonyl (C=O) groups is 2. The number of aromatic amines is 1. The minimum Gasteiger partial charge on any atom is -0.351 e. The van der Waals surface area contributed by atoms with E-state index >= 15 is 0 Å². The van der Waals surface area contributed by atoms with Crippen LogP contribution in [0.1, 0.15) is 29.0 Å². The van der Waals surface area contributed by atoms with Gasteiger partial charge in [0, 0.05) is 27.9 Å². The molecule has 0 saturated carbocycles. The van der Waals surface area contributed by atoms with Crippen molar-refractivity contribution in [2.75, 3.05) is 6.54 Å². The van der Waals surface area contributed by atoms with Crippen molar-refractivity contribution in [3.63, 3.8) is 0 Å². The van der Waals surface area contributed by atoms with E-state index in [4.69, 9.17) is 11.6 Å². The first-order valence-electron chi connectivity index (χ1n) is 8.36. The zero-order valence-corrected chi connectivity index (χ0v) is 15.4. The summed E-state index contributed by atoms with van der Waals surface area (Å²) in [5.41, 5.74) is 3.88. The lowest BCUT2D eigenvalue weighted by atomic mass is 10.2. The van der Waals surface area contributed by atoms with Gasteiger partial charge in [0.25, 0.3) is 5.91 Å². The van der Waals surface area contributed by atoms with Crippen molar-refractivity contribution < 1.29 is 9.59 Å². The molecule has 2 amide bonds. The monoisotopic (exact) mass is 388 g/mol. The number of benzene rings is 1. The smallest absolute Gasteiger partial charge is 0.270 e. The third-order valence-electron chi connectivity index (χ3n) is 4.56. The first-order chi connectivity index (χ1) is 12.6. The molecule has 8 heteroatoms. The second-order valence-electron chi connectivity index (χ2n) is 6.27. The van der Waals surface area contributed by atoms with Crippen LogP contribution in [0.3, 0.4) is 0 Å². The number of H-pyrrole nitrogens is 1. The molecule has 134 valence electrons. The fraction of sp³-hybridized carbons (Fsp3) is 0.278. The Morgan fingerprint density at radius 2 is 2.27 bits per heavy atom. The maximum absolute atomic E-state index is 12.9. The van der Waals surface area contributed by atoms with Crippen LogP contribution in [0.5, 0.6) is 0 Å². The predicted octanol–water partition coefficient (Wildman–Crippen LogP) is 3.20. The number of nitrogens with one attached hydrogen (secondary N) is 2. The average Bonchev–Trinajstić information content (AvgIpc) is 3.38. The van der Waals surface area contributed by atoms with E-state index in [9.17, 15) is 9.59 Å². The van der Waals surface area contributed by atoms with Crippen molar-refractivity contribution in [3.8, 4) is 0 Å². The largest absolute Gasteiger partial charge is 0.351 e. The summed E-state index contributed by atoms with van der Waals surface area (Å²) in [6.45, 7) is 0.954. The van der Waals surface area contributed by atoms with Gasteiger partial charge in [0.15, 0.2) is 0 Å². The van der Waals surface area contributed by atoms with Gasteiger partial charge in [-0.3, -0.25) is 9.59 Å². The lowest BCUT2D eigenvalue weighted by Crippen LogP contribution is -2.45. The number of hydrogen-bond donors (Lipinski definition) is 2. The topological polar surface area (TPSA) is 78.1 Å². The Labute approximate surface area is 159 Å². The van der Waals surface area contributed by atoms with Gasteiger partial charge in [-0.05, 0) is 37.1 Å². The summed E-state index contributed by atoms with van der Waals surface area (Å²) in [7, 11) is 0. The molecular weight excluding hydrogens is 372 g/mol. The summed E-state index contributed by atoms with van der Waals surface area (Å²) < 4.78 is 0. The number of halogens is 1. The van der Waals surface area contributed by atoms with Gasteiger partial charge < -0.3 is 15.2 Å². The summed E-state index contributed by atoms with van der Waals surface area (Å²) in [6.07, 6.45) is 1.48. The SMILES string of the molecule is O=C(NCc1cscn1)C1CCCN1C(=O)c1cc2cc(Cl)ccc2[nH]1. The van der Waals surface area contributed by atoms with Crippen LogP contribution in [0.25, 0.3) is 10.9 Å². The first kappa shape index (κ1) is 17.1. The maximum Gasteiger partial charge on any atom is 0.270 e. The zero-order valence-electron chi connectivity index (χ0n) is 13.9. The number of fused-ring (bicyclic) bond motifs is 1. The van der Waals surface area contributed by atoms with Crippen molar-refractivity contribution in [1.29, 1.82) is 0 Å². The zero-order chi connectivity index (χ0) is 18.1. The molecule has 1 atom stereocenters. The molecule has 3 heterocycles. The molecule has 6 nitrogen and oxygen atoms in total. The third kappa shape index (κ3) is 3.32. The highest BCUT2D eigenvalue weighted by molar-refractivity contribution is 7.07. The Bertz CT molecular complexity index is 953. The van der Waals surface area contributed by atoms with Crippen molar-refractivity contribution in [3.05, 3.63) is 51.6 Å².